The molecule has 25 heavy (non-hydrogen) atoms. The number of aliphatic imine (C=N–C) groups is 1. The number of benzene rings is 1. The first-order valence-corrected chi connectivity index (χ1v) is 8.59. The Morgan fingerprint density at radius 3 is 2.92 bits per heavy atom. The minimum absolute atomic E-state index is 0.437. The molecule has 1 aromatic carbocycles. The number of pyridine rings is 1. The van der Waals surface area contributed by atoms with E-state index in [1.165, 1.54) is 5.56 Å². The third-order valence-electron chi connectivity index (χ3n) is 4.05. The lowest BCUT2D eigenvalue weighted by Crippen LogP contribution is -2.23. The lowest BCUT2D eigenvalue weighted by Gasteiger charge is -2.10. The molecule has 0 amide bonds. The number of nitrogens with two attached hydrogens (primary N) is 1. The summed E-state index contributed by atoms with van der Waals surface area (Å²) in [7, 11) is 0. The molecule has 0 saturated carbocycles. The van der Waals surface area contributed by atoms with Crippen molar-refractivity contribution in [3.05, 3.63) is 60.0 Å². The van der Waals surface area contributed by atoms with Crippen LogP contribution in [0.2, 0.25) is 0 Å². The van der Waals surface area contributed by atoms with E-state index >= 15 is 0 Å². The van der Waals surface area contributed by atoms with Gasteiger partial charge < -0.3 is 11.1 Å². The van der Waals surface area contributed by atoms with Gasteiger partial charge >= 0.3 is 0 Å². The molecule has 0 spiro atoms. The maximum atomic E-state index is 5.99. The quantitative estimate of drug-likeness (QED) is 0.411. The maximum Gasteiger partial charge on any atom is 0.193 e. The van der Waals surface area contributed by atoms with Crippen molar-refractivity contribution < 1.29 is 0 Å². The van der Waals surface area contributed by atoms with Crippen LogP contribution >= 0.6 is 0 Å². The highest BCUT2D eigenvalue weighted by atomic mass is 15.2. The monoisotopic (exact) mass is 336 g/mol. The second-order valence-electron chi connectivity index (χ2n) is 6.32. The number of anilines is 1. The number of hydrogen-bond acceptors (Lipinski definition) is 3. The Morgan fingerprint density at radius 1 is 1.20 bits per heavy atom. The lowest BCUT2D eigenvalue weighted by molar-refractivity contribution is 0.770. The zero-order chi connectivity index (χ0) is 17.6. The molecule has 6 nitrogen and oxygen atoms in total. The lowest BCUT2D eigenvalue weighted by atomic mass is 10.0. The van der Waals surface area contributed by atoms with E-state index in [4.69, 9.17) is 5.73 Å². The van der Waals surface area contributed by atoms with Crippen LogP contribution in [-0.4, -0.2) is 27.1 Å². The van der Waals surface area contributed by atoms with Gasteiger partial charge in [-0.1, -0.05) is 32.0 Å². The number of fused-ring (bicyclic) bond motifs is 1. The molecule has 0 aliphatic carbocycles. The summed E-state index contributed by atoms with van der Waals surface area (Å²) in [4.78, 5) is 4.40. The van der Waals surface area contributed by atoms with Crippen molar-refractivity contribution in [1.29, 1.82) is 0 Å². The first-order chi connectivity index (χ1) is 12.1. The highest BCUT2D eigenvalue weighted by Gasteiger charge is 2.04. The van der Waals surface area contributed by atoms with Gasteiger partial charge in [-0.05, 0) is 42.2 Å². The number of nitrogens with zero attached hydrogens (tertiary/aromatic N) is 4. The maximum absolute atomic E-state index is 5.99. The standard InChI is InChI=1S/C19H24N6/c1-14(2)15-7-5-8-16(13-15)22-19(20)21-11-6-10-18-24-23-17-9-3-4-12-25(17)18/h3-5,7-9,12-14H,6,10-11H2,1-2H3,(H3,20,21,22). The molecule has 0 aliphatic heterocycles. The molecule has 6 heteroatoms. The summed E-state index contributed by atoms with van der Waals surface area (Å²) in [6, 6.07) is 14.1. The van der Waals surface area contributed by atoms with Crippen LogP contribution in [0.3, 0.4) is 0 Å². The van der Waals surface area contributed by atoms with Crippen molar-refractivity contribution in [1.82, 2.24) is 14.6 Å². The second-order valence-corrected chi connectivity index (χ2v) is 6.32. The van der Waals surface area contributed by atoms with Gasteiger partial charge in [0.15, 0.2) is 11.6 Å². The Balaban J connectivity index is 1.53. The fraction of sp³-hybridized carbons (Fsp3) is 0.316. The summed E-state index contributed by atoms with van der Waals surface area (Å²) in [5, 5.41) is 11.5. The molecule has 0 fully saturated rings. The van der Waals surface area contributed by atoms with E-state index in [-0.39, 0.29) is 0 Å². The summed E-state index contributed by atoms with van der Waals surface area (Å²) in [5.74, 6) is 1.87. The third kappa shape index (κ3) is 4.35. The van der Waals surface area contributed by atoms with Crippen LogP contribution in [0.25, 0.3) is 5.65 Å². The third-order valence-corrected chi connectivity index (χ3v) is 4.05. The smallest absolute Gasteiger partial charge is 0.193 e. The van der Waals surface area contributed by atoms with Crippen molar-refractivity contribution >= 4 is 17.3 Å². The molecule has 0 atom stereocenters. The van der Waals surface area contributed by atoms with E-state index in [1.807, 2.05) is 40.9 Å². The van der Waals surface area contributed by atoms with E-state index in [1.54, 1.807) is 0 Å². The highest BCUT2D eigenvalue weighted by Crippen LogP contribution is 2.18. The average Bonchev–Trinajstić information content (AvgIpc) is 3.02. The molecule has 0 aliphatic rings. The average molecular weight is 336 g/mol. The highest BCUT2D eigenvalue weighted by molar-refractivity contribution is 5.92. The van der Waals surface area contributed by atoms with E-state index in [0.29, 0.717) is 18.4 Å². The second kappa shape index (κ2) is 7.79. The van der Waals surface area contributed by atoms with Gasteiger partial charge in [0.2, 0.25) is 0 Å². The fourth-order valence-corrected chi connectivity index (χ4v) is 2.66. The van der Waals surface area contributed by atoms with Crippen LogP contribution in [0.5, 0.6) is 0 Å². The van der Waals surface area contributed by atoms with E-state index in [9.17, 15) is 0 Å². The number of aryl methyl sites for hydroxylation is 1. The Bertz CT molecular complexity index is 865. The zero-order valence-corrected chi connectivity index (χ0v) is 14.7. The predicted octanol–water partition coefficient (Wildman–Crippen LogP) is 3.21. The number of rotatable bonds is 6. The number of aromatic nitrogens is 3. The minimum atomic E-state index is 0.437. The van der Waals surface area contributed by atoms with Gasteiger partial charge in [0.25, 0.3) is 0 Å². The Labute approximate surface area is 147 Å². The van der Waals surface area contributed by atoms with Crippen LogP contribution in [0.15, 0.2) is 53.7 Å². The summed E-state index contributed by atoms with van der Waals surface area (Å²) in [5.41, 5.74) is 9.10. The van der Waals surface area contributed by atoms with E-state index < -0.39 is 0 Å². The van der Waals surface area contributed by atoms with Crippen molar-refractivity contribution in [3.8, 4) is 0 Å². The van der Waals surface area contributed by atoms with Crippen molar-refractivity contribution in [2.75, 3.05) is 11.9 Å². The van der Waals surface area contributed by atoms with Gasteiger partial charge in [0.1, 0.15) is 5.82 Å². The first kappa shape index (κ1) is 17.0. The van der Waals surface area contributed by atoms with E-state index in [0.717, 1.165) is 30.0 Å². The van der Waals surface area contributed by atoms with Gasteiger partial charge in [0, 0.05) is 24.8 Å². The normalized spacial score (nSPS) is 12.0. The SMILES string of the molecule is CC(C)c1cccc(NC(N)=NCCCc2nnc3ccccn23)c1. The fourth-order valence-electron chi connectivity index (χ4n) is 2.66. The molecule has 3 aromatic rings. The summed E-state index contributed by atoms with van der Waals surface area (Å²) >= 11 is 0. The van der Waals surface area contributed by atoms with Crippen molar-refractivity contribution in [2.24, 2.45) is 10.7 Å². The van der Waals surface area contributed by atoms with Crippen LogP contribution in [0, 0.1) is 0 Å². The molecule has 0 radical (unpaired) electrons. The molecule has 3 N–H and O–H groups in total. The summed E-state index contributed by atoms with van der Waals surface area (Å²) < 4.78 is 2.00. The van der Waals surface area contributed by atoms with Gasteiger partial charge in [-0.2, -0.15) is 0 Å². The molecular weight excluding hydrogens is 312 g/mol. The molecule has 0 bridgehead atoms. The Kier molecular flexibility index (Phi) is 5.28. The Hall–Kier alpha value is -2.89. The molecule has 3 rings (SSSR count). The van der Waals surface area contributed by atoms with Gasteiger partial charge in [0.05, 0.1) is 0 Å². The van der Waals surface area contributed by atoms with Crippen LogP contribution in [0.4, 0.5) is 5.69 Å². The molecule has 130 valence electrons. The van der Waals surface area contributed by atoms with Crippen LogP contribution < -0.4 is 11.1 Å². The Morgan fingerprint density at radius 2 is 2.08 bits per heavy atom. The van der Waals surface area contributed by atoms with Crippen molar-refractivity contribution in [2.45, 2.75) is 32.6 Å². The number of hydrogen-bond donors (Lipinski definition) is 2. The topological polar surface area (TPSA) is 80.6 Å². The summed E-state index contributed by atoms with van der Waals surface area (Å²) in [6.07, 6.45) is 3.65. The molecular formula is C19H24N6. The minimum Gasteiger partial charge on any atom is -0.370 e. The zero-order valence-electron chi connectivity index (χ0n) is 14.7. The van der Waals surface area contributed by atoms with Gasteiger partial charge in [-0.15, -0.1) is 10.2 Å². The summed E-state index contributed by atoms with van der Waals surface area (Å²) in [6.45, 7) is 4.99. The van der Waals surface area contributed by atoms with Gasteiger partial charge in [-0.3, -0.25) is 9.39 Å². The number of nitrogens with one attached hydrogen (secondary N) is 1. The van der Waals surface area contributed by atoms with Crippen LogP contribution in [-0.2, 0) is 6.42 Å². The predicted molar refractivity (Wildman–Crippen MR) is 102 cm³/mol. The van der Waals surface area contributed by atoms with Crippen LogP contribution in [0.1, 0.15) is 37.6 Å². The molecule has 2 heterocycles. The molecule has 0 saturated heterocycles. The largest absolute Gasteiger partial charge is 0.370 e. The first-order valence-electron chi connectivity index (χ1n) is 8.59. The molecule has 2 aromatic heterocycles. The number of guanidine groups is 1. The van der Waals surface area contributed by atoms with Gasteiger partial charge in [-0.25, -0.2) is 0 Å². The van der Waals surface area contributed by atoms with Crippen molar-refractivity contribution in [3.63, 3.8) is 0 Å². The van der Waals surface area contributed by atoms with E-state index in [2.05, 4.69) is 46.5 Å². The molecule has 0 unspecified atom stereocenters.